The first-order valence-electron chi connectivity index (χ1n) is 14.0. The lowest BCUT2D eigenvalue weighted by Crippen LogP contribution is -2.60. The summed E-state index contributed by atoms with van der Waals surface area (Å²) in [7, 11) is 0. The van der Waals surface area contributed by atoms with Crippen LogP contribution in [0, 0.1) is 11.8 Å². The molecule has 1 unspecified atom stereocenters. The molecule has 2 amide bonds. The number of rotatable bonds is 4. The standard InChI is InChI=1S/C31H40N2O5S/c1-29(2,3)32-17-12-16-31-23(24-28(37)38-18-11-6-5-10-15-30(24,4)39-31)26(35)33(25(31)27(32)36)22(20-34)19-21-13-8-7-9-14-21/h7-10,12-16,22-25,34H,5-6,11,17-20H2,1-4H3/b15-10-/t22-,23+,24-,25?,30+,31+/m1/s1. The van der Waals surface area contributed by atoms with Crippen LogP contribution in [0.4, 0.5) is 0 Å². The molecule has 0 radical (unpaired) electrons. The van der Waals surface area contributed by atoms with E-state index in [-0.39, 0.29) is 24.4 Å². The Balaban J connectivity index is 1.66. The van der Waals surface area contributed by atoms with Crippen LogP contribution in [0.5, 0.6) is 0 Å². The SMILES string of the molecule is CC(C)(C)N1CC=C[C@]23S[C@@]4(C)/C=C\CCCCOC(=O)[C@H]4[C@H]2C(=O)N([C@@H](CO)Cc2ccccc2)C3C1=O. The molecular weight excluding hydrogens is 512 g/mol. The molecule has 4 aliphatic heterocycles. The number of aliphatic hydroxyl groups excluding tert-OH is 1. The molecule has 1 aromatic rings. The van der Waals surface area contributed by atoms with Gasteiger partial charge in [0.25, 0.3) is 0 Å². The molecule has 210 valence electrons. The minimum Gasteiger partial charge on any atom is -0.465 e. The highest BCUT2D eigenvalue weighted by Gasteiger charge is 2.74. The van der Waals surface area contributed by atoms with Crippen LogP contribution in [-0.2, 0) is 25.5 Å². The van der Waals surface area contributed by atoms with Crippen LogP contribution in [0.1, 0.15) is 52.5 Å². The van der Waals surface area contributed by atoms with Gasteiger partial charge in [-0.05, 0) is 58.9 Å². The van der Waals surface area contributed by atoms with Crippen molar-refractivity contribution >= 4 is 29.5 Å². The van der Waals surface area contributed by atoms with E-state index in [1.54, 1.807) is 16.7 Å². The van der Waals surface area contributed by atoms with Crippen LogP contribution < -0.4 is 0 Å². The summed E-state index contributed by atoms with van der Waals surface area (Å²) in [4.78, 5) is 46.3. The van der Waals surface area contributed by atoms with E-state index >= 15 is 0 Å². The number of hydrogen-bond acceptors (Lipinski definition) is 6. The van der Waals surface area contributed by atoms with Crippen molar-refractivity contribution in [2.45, 2.75) is 80.5 Å². The summed E-state index contributed by atoms with van der Waals surface area (Å²) < 4.78 is 4.08. The summed E-state index contributed by atoms with van der Waals surface area (Å²) in [5, 5.41) is 10.6. The van der Waals surface area contributed by atoms with Crippen molar-refractivity contribution in [3.63, 3.8) is 0 Å². The Morgan fingerprint density at radius 2 is 1.79 bits per heavy atom. The molecule has 1 spiro atoms. The van der Waals surface area contributed by atoms with Gasteiger partial charge in [-0.3, -0.25) is 14.4 Å². The number of benzene rings is 1. The number of esters is 1. The fourth-order valence-electron chi connectivity index (χ4n) is 6.87. The molecule has 39 heavy (non-hydrogen) atoms. The molecule has 0 bridgehead atoms. The highest BCUT2D eigenvalue weighted by Crippen LogP contribution is 2.65. The number of aliphatic hydroxyl groups is 1. The van der Waals surface area contributed by atoms with E-state index in [0.717, 1.165) is 24.8 Å². The van der Waals surface area contributed by atoms with Crippen LogP contribution in [0.15, 0.2) is 54.6 Å². The number of carbonyl (C=O) groups is 3. The number of likely N-dealkylation sites (tertiary alicyclic amines) is 1. The molecule has 8 heteroatoms. The average molecular weight is 553 g/mol. The second kappa shape index (κ2) is 10.4. The van der Waals surface area contributed by atoms with Gasteiger partial charge >= 0.3 is 5.97 Å². The third-order valence-corrected chi connectivity index (χ3v) is 10.5. The smallest absolute Gasteiger partial charge is 0.311 e. The lowest BCUT2D eigenvalue weighted by Gasteiger charge is -2.42. The Morgan fingerprint density at radius 1 is 1.05 bits per heavy atom. The number of fused-ring (bicyclic) bond motifs is 2. The third-order valence-electron chi connectivity index (χ3n) is 8.67. The van der Waals surface area contributed by atoms with Gasteiger partial charge in [-0.1, -0.05) is 54.6 Å². The normalized spacial score (nSPS) is 34.6. The van der Waals surface area contributed by atoms with Gasteiger partial charge in [-0.15, -0.1) is 11.8 Å². The van der Waals surface area contributed by atoms with Gasteiger partial charge in [0.2, 0.25) is 11.8 Å². The largest absolute Gasteiger partial charge is 0.465 e. The Morgan fingerprint density at radius 3 is 2.49 bits per heavy atom. The first kappa shape index (κ1) is 28.0. The molecule has 6 atom stereocenters. The number of amides is 2. The molecule has 1 N–H and O–H groups in total. The molecule has 0 aromatic heterocycles. The highest BCUT2D eigenvalue weighted by molar-refractivity contribution is 8.02. The summed E-state index contributed by atoms with van der Waals surface area (Å²) in [5.74, 6) is -2.31. The molecule has 1 aromatic carbocycles. The zero-order valence-corrected chi connectivity index (χ0v) is 24.2. The molecule has 0 aliphatic carbocycles. The van der Waals surface area contributed by atoms with Gasteiger partial charge in [0.1, 0.15) is 6.04 Å². The van der Waals surface area contributed by atoms with E-state index in [1.165, 1.54) is 0 Å². The van der Waals surface area contributed by atoms with Gasteiger partial charge in [0.15, 0.2) is 0 Å². The van der Waals surface area contributed by atoms with E-state index in [2.05, 4.69) is 12.2 Å². The molecular formula is C31H40N2O5S. The molecule has 2 fully saturated rings. The van der Waals surface area contributed by atoms with E-state index in [4.69, 9.17) is 4.74 Å². The maximum Gasteiger partial charge on any atom is 0.311 e. The summed E-state index contributed by atoms with van der Waals surface area (Å²) in [5.41, 5.74) is 0.496. The van der Waals surface area contributed by atoms with Crippen LogP contribution >= 0.6 is 11.8 Å². The Bertz CT molecular complexity index is 1180. The van der Waals surface area contributed by atoms with E-state index in [9.17, 15) is 19.5 Å². The highest BCUT2D eigenvalue weighted by atomic mass is 32.2. The maximum absolute atomic E-state index is 14.6. The fourth-order valence-corrected chi connectivity index (χ4v) is 9.01. The first-order chi connectivity index (χ1) is 18.5. The van der Waals surface area contributed by atoms with Crippen molar-refractivity contribution in [1.29, 1.82) is 0 Å². The number of thioether (sulfide) groups is 1. The zero-order chi connectivity index (χ0) is 28.0. The molecule has 5 rings (SSSR count). The van der Waals surface area contributed by atoms with Crippen molar-refractivity contribution in [3.05, 3.63) is 60.2 Å². The number of allylic oxidation sites excluding steroid dienone is 1. The van der Waals surface area contributed by atoms with Crippen molar-refractivity contribution in [2.24, 2.45) is 11.8 Å². The Labute approximate surface area is 235 Å². The summed E-state index contributed by atoms with van der Waals surface area (Å²) in [6.07, 6.45) is 11.2. The van der Waals surface area contributed by atoms with Gasteiger partial charge in [-0.25, -0.2) is 0 Å². The predicted molar refractivity (Wildman–Crippen MR) is 152 cm³/mol. The predicted octanol–water partition coefficient (Wildman–Crippen LogP) is 3.76. The van der Waals surface area contributed by atoms with Gasteiger partial charge in [0.05, 0.1) is 35.8 Å². The monoisotopic (exact) mass is 552 g/mol. The topological polar surface area (TPSA) is 87.2 Å². The molecule has 4 aliphatic rings. The van der Waals surface area contributed by atoms with Gasteiger partial charge in [-0.2, -0.15) is 0 Å². The second-order valence-corrected chi connectivity index (χ2v) is 14.1. The summed E-state index contributed by atoms with van der Waals surface area (Å²) >= 11 is 1.55. The van der Waals surface area contributed by atoms with Crippen molar-refractivity contribution in [2.75, 3.05) is 19.8 Å². The number of hydrogen-bond donors (Lipinski definition) is 1. The minimum atomic E-state index is -0.963. The first-order valence-corrected chi connectivity index (χ1v) is 14.9. The maximum atomic E-state index is 14.6. The number of cyclic esters (lactones) is 1. The molecule has 7 nitrogen and oxygen atoms in total. The average Bonchev–Trinajstić information content (AvgIpc) is 3.21. The van der Waals surface area contributed by atoms with Crippen molar-refractivity contribution < 1.29 is 24.2 Å². The zero-order valence-electron chi connectivity index (χ0n) is 23.3. The quantitative estimate of drug-likeness (QED) is 0.452. The second-order valence-electron chi connectivity index (χ2n) is 12.4. The van der Waals surface area contributed by atoms with Crippen molar-refractivity contribution in [3.8, 4) is 0 Å². The van der Waals surface area contributed by atoms with Crippen LogP contribution in [-0.4, -0.2) is 79.6 Å². The Hall–Kier alpha value is -2.58. The number of nitrogens with zero attached hydrogens (tertiary/aromatic N) is 2. The van der Waals surface area contributed by atoms with Gasteiger partial charge < -0.3 is 19.6 Å². The lowest BCUT2D eigenvalue weighted by atomic mass is 9.74. The molecule has 4 heterocycles. The summed E-state index contributed by atoms with van der Waals surface area (Å²) in [6.45, 7) is 8.43. The van der Waals surface area contributed by atoms with E-state index < -0.39 is 39.0 Å². The van der Waals surface area contributed by atoms with Crippen LogP contribution in [0.3, 0.4) is 0 Å². The Kier molecular flexibility index (Phi) is 7.48. The third kappa shape index (κ3) is 4.73. The molecule has 0 saturated carbocycles. The van der Waals surface area contributed by atoms with E-state index in [1.807, 2.05) is 75.1 Å². The number of carbonyl (C=O) groups excluding carboxylic acids is 3. The summed E-state index contributed by atoms with van der Waals surface area (Å²) in [6, 6.07) is 8.25. The van der Waals surface area contributed by atoms with E-state index in [0.29, 0.717) is 19.6 Å². The minimum absolute atomic E-state index is 0.146. The molecule has 2 saturated heterocycles. The lowest BCUT2D eigenvalue weighted by molar-refractivity contribution is -0.155. The van der Waals surface area contributed by atoms with Crippen LogP contribution in [0.2, 0.25) is 0 Å². The van der Waals surface area contributed by atoms with Gasteiger partial charge in [0, 0.05) is 16.8 Å². The van der Waals surface area contributed by atoms with Crippen LogP contribution in [0.25, 0.3) is 0 Å². The number of ether oxygens (including phenoxy) is 1. The van der Waals surface area contributed by atoms with Crippen molar-refractivity contribution in [1.82, 2.24) is 9.80 Å². The fraction of sp³-hybridized carbons (Fsp3) is 0.581.